The lowest BCUT2D eigenvalue weighted by Crippen LogP contribution is -2.39. The van der Waals surface area contributed by atoms with Crippen molar-refractivity contribution in [3.05, 3.63) is 47.6 Å². The molecule has 0 amide bonds. The van der Waals surface area contributed by atoms with Gasteiger partial charge in [-0.05, 0) is 25.3 Å². The fourth-order valence-corrected chi connectivity index (χ4v) is 4.36. The van der Waals surface area contributed by atoms with Crippen LogP contribution in [0.15, 0.2) is 34.9 Å². The van der Waals surface area contributed by atoms with Gasteiger partial charge in [-0.2, -0.15) is 4.98 Å². The van der Waals surface area contributed by atoms with Crippen LogP contribution in [0.25, 0.3) is 0 Å². The number of rotatable bonds is 4. The summed E-state index contributed by atoms with van der Waals surface area (Å²) in [5.41, 5.74) is 0.804. The standard InChI is InChI=1S/C15H19N3O3S/c1-12-16-15(21-17-12)14-8-5-9-18(10-14)22(19,20)11-13-6-3-2-4-7-13/h2-4,6-7,14H,5,8-11H2,1H3. The molecule has 2 heterocycles. The highest BCUT2D eigenvalue weighted by molar-refractivity contribution is 7.88. The van der Waals surface area contributed by atoms with Crippen LogP contribution >= 0.6 is 0 Å². The minimum Gasteiger partial charge on any atom is -0.339 e. The Balaban J connectivity index is 1.73. The van der Waals surface area contributed by atoms with Crippen molar-refractivity contribution < 1.29 is 12.9 Å². The highest BCUT2D eigenvalue weighted by Gasteiger charge is 2.32. The Morgan fingerprint density at radius 2 is 2.09 bits per heavy atom. The van der Waals surface area contributed by atoms with E-state index in [9.17, 15) is 8.42 Å². The van der Waals surface area contributed by atoms with Gasteiger partial charge >= 0.3 is 0 Å². The molecule has 0 spiro atoms. The van der Waals surface area contributed by atoms with Crippen LogP contribution in [0, 0.1) is 6.92 Å². The van der Waals surface area contributed by atoms with E-state index in [1.165, 1.54) is 0 Å². The molecular formula is C15H19N3O3S. The van der Waals surface area contributed by atoms with E-state index in [4.69, 9.17) is 4.52 Å². The van der Waals surface area contributed by atoms with Gasteiger partial charge in [0.25, 0.3) is 0 Å². The van der Waals surface area contributed by atoms with Gasteiger partial charge in [-0.15, -0.1) is 0 Å². The van der Waals surface area contributed by atoms with Crippen LogP contribution in [0.2, 0.25) is 0 Å². The zero-order valence-electron chi connectivity index (χ0n) is 12.5. The number of sulfonamides is 1. The molecule has 0 bridgehead atoms. The van der Waals surface area contributed by atoms with Gasteiger partial charge < -0.3 is 4.52 Å². The van der Waals surface area contributed by atoms with Gasteiger partial charge in [-0.1, -0.05) is 35.5 Å². The average molecular weight is 321 g/mol. The zero-order valence-corrected chi connectivity index (χ0v) is 13.3. The quantitative estimate of drug-likeness (QED) is 0.862. The first kappa shape index (κ1) is 15.2. The molecule has 1 fully saturated rings. The van der Waals surface area contributed by atoms with Gasteiger partial charge in [-0.25, -0.2) is 12.7 Å². The molecule has 1 aliphatic rings. The van der Waals surface area contributed by atoms with Crippen molar-refractivity contribution in [2.45, 2.75) is 31.4 Å². The lowest BCUT2D eigenvalue weighted by molar-refractivity contribution is 0.265. The molecule has 2 aromatic rings. The van der Waals surface area contributed by atoms with E-state index in [1.807, 2.05) is 30.3 Å². The third kappa shape index (κ3) is 3.36. The summed E-state index contributed by atoms with van der Waals surface area (Å²) in [5.74, 6) is 1.14. The third-order valence-electron chi connectivity index (χ3n) is 3.86. The minimum atomic E-state index is -3.33. The first-order valence-electron chi connectivity index (χ1n) is 7.36. The van der Waals surface area contributed by atoms with Crippen molar-refractivity contribution in [2.75, 3.05) is 13.1 Å². The lowest BCUT2D eigenvalue weighted by Gasteiger charge is -2.30. The van der Waals surface area contributed by atoms with Gasteiger partial charge in [0, 0.05) is 13.1 Å². The fourth-order valence-electron chi connectivity index (χ4n) is 2.75. The number of aryl methyl sites for hydroxylation is 1. The maximum atomic E-state index is 12.6. The van der Waals surface area contributed by atoms with Crippen molar-refractivity contribution in [3.8, 4) is 0 Å². The Kier molecular flexibility index (Phi) is 4.26. The Bertz CT molecular complexity index is 728. The largest absolute Gasteiger partial charge is 0.339 e. The number of nitrogens with zero attached hydrogens (tertiary/aromatic N) is 3. The molecule has 1 unspecified atom stereocenters. The molecule has 6 nitrogen and oxygen atoms in total. The molecule has 0 radical (unpaired) electrons. The monoisotopic (exact) mass is 321 g/mol. The maximum absolute atomic E-state index is 12.6. The molecule has 1 aromatic heterocycles. The molecule has 22 heavy (non-hydrogen) atoms. The Morgan fingerprint density at radius 3 is 2.77 bits per heavy atom. The number of hydrogen-bond donors (Lipinski definition) is 0. The van der Waals surface area contributed by atoms with Gasteiger partial charge in [0.2, 0.25) is 15.9 Å². The summed E-state index contributed by atoms with van der Waals surface area (Å²) in [5, 5.41) is 3.79. The first-order chi connectivity index (χ1) is 10.5. The molecule has 1 aromatic carbocycles. The summed E-state index contributed by atoms with van der Waals surface area (Å²) in [4.78, 5) is 4.24. The van der Waals surface area contributed by atoms with Gasteiger partial charge in [-0.3, -0.25) is 0 Å². The SMILES string of the molecule is Cc1noc(C2CCCN(S(=O)(=O)Cc3ccccc3)C2)n1. The summed E-state index contributed by atoms with van der Waals surface area (Å²) in [6, 6.07) is 9.25. The predicted molar refractivity (Wildman–Crippen MR) is 81.6 cm³/mol. The number of hydrogen-bond acceptors (Lipinski definition) is 5. The normalized spacial score (nSPS) is 20.1. The molecule has 1 saturated heterocycles. The van der Waals surface area contributed by atoms with Gasteiger partial charge in [0.05, 0.1) is 11.7 Å². The van der Waals surface area contributed by atoms with Crippen molar-refractivity contribution in [1.82, 2.24) is 14.4 Å². The highest BCUT2D eigenvalue weighted by atomic mass is 32.2. The summed E-state index contributed by atoms with van der Waals surface area (Å²) >= 11 is 0. The second-order valence-electron chi connectivity index (χ2n) is 5.62. The lowest BCUT2D eigenvalue weighted by atomic mass is 10.00. The molecule has 3 rings (SSSR count). The van der Waals surface area contributed by atoms with E-state index in [2.05, 4.69) is 10.1 Å². The molecule has 1 atom stereocenters. The minimum absolute atomic E-state index is 0.0134. The van der Waals surface area contributed by atoms with Crippen LogP contribution in [0.4, 0.5) is 0 Å². The Labute approximate surface area is 130 Å². The van der Waals surface area contributed by atoms with Gasteiger partial charge in [0.15, 0.2) is 5.82 Å². The summed E-state index contributed by atoms with van der Waals surface area (Å²) < 4.78 is 31.9. The van der Waals surface area contributed by atoms with E-state index in [0.29, 0.717) is 24.8 Å². The smallest absolute Gasteiger partial charge is 0.231 e. The van der Waals surface area contributed by atoms with Crippen LogP contribution in [-0.2, 0) is 15.8 Å². The third-order valence-corrected chi connectivity index (χ3v) is 5.68. The summed E-state index contributed by atoms with van der Waals surface area (Å²) in [6.45, 7) is 2.73. The first-order valence-corrected chi connectivity index (χ1v) is 8.97. The van der Waals surface area contributed by atoms with Crippen LogP contribution in [0.1, 0.15) is 36.0 Å². The molecule has 1 aliphatic heterocycles. The van der Waals surface area contributed by atoms with E-state index < -0.39 is 10.0 Å². The second-order valence-corrected chi connectivity index (χ2v) is 7.59. The zero-order chi connectivity index (χ0) is 15.6. The number of piperidine rings is 1. The van der Waals surface area contributed by atoms with Crippen molar-refractivity contribution >= 4 is 10.0 Å². The number of benzene rings is 1. The van der Waals surface area contributed by atoms with Crippen molar-refractivity contribution in [1.29, 1.82) is 0 Å². The van der Waals surface area contributed by atoms with Crippen molar-refractivity contribution in [2.24, 2.45) is 0 Å². The summed E-state index contributed by atoms with van der Waals surface area (Å²) in [7, 11) is -3.33. The predicted octanol–water partition coefficient (Wildman–Crippen LogP) is 2.09. The van der Waals surface area contributed by atoms with Crippen molar-refractivity contribution in [3.63, 3.8) is 0 Å². The highest BCUT2D eigenvalue weighted by Crippen LogP contribution is 2.28. The molecule has 0 aliphatic carbocycles. The topological polar surface area (TPSA) is 76.3 Å². The molecule has 118 valence electrons. The maximum Gasteiger partial charge on any atom is 0.231 e. The molecule has 0 N–H and O–H groups in total. The van der Waals surface area contributed by atoms with E-state index >= 15 is 0 Å². The second kappa shape index (κ2) is 6.18. The molecule has 7 heteroatoms. The van der Waals surface area contributed by atoms with E-state index in [0.717, 1.165) is 18.4 Å². The average Bonchev–Trinajstić information content (AvgIpc) is 2.95. The van der Waals surface area contributed by atoms with E-state index in [-0.39, 0.29) is 11.7 Å². The van der Waals surface area contributed by atoms with Crippen LogP contribution in [0.3, 0.4) is 0 Å². The molecular weight excluding hydrogens is 302 g/mol. The number of aromatic nitrogens is 2. The molecule has 0 saturated carbocycles. The summed E-state index contributed by atoms with van der Waals surface area (Å²) in [6.07, 6.45) is 1.68. The van der Waals surface area contributed by atoms with E-state index in [1.54, 1.807) is 11.2 Å². The van der Waals surface area contributed by atoms with Gasteiger partial charge in [0.1, 0.15) is 0 Å². The fraction of sp³-hybridized carbons (Fsp3) is 0.467. The van der Waals surface area contributed by atoms with Crippen LogP contribution < -0.4 is 0 Å². The Morgan fingerprint density at radius 1 is 1.32 bits per heavy atom. The van der Waals surface area contributed by atoms with Crippen LogP contribution in [0.5, 0.6) is 0 Å². The Hall–Kier alpha value is -1.73. The van der Waals surface area contributed by atoms with Crippen LogP contribution in [-0.4, -0.2) is 36.0 Å².